The molecule has 0 amide bonds. The number of hydrogen-bond donors (Lipinski definition) is 0. The van der Waals surface area contributed by atoms with E-state index in [-0.39, 0.29) is 45.1 Å². The Labute approximate surface area is 366 Å². The molecule has 2 radical (unpaired) electrons. The smallest absolute Gasteiger partial charge is 0.457 e. The van der Waals surface area contributed by atoms with Gasteiger partial charge in [0, 0.05) is 24.8 Å². The van der Waals surface area contributed by atoms with Crippen molar-refractivity contribution in [1.82, 2.24) is 40.3 Å². The molecular formula is C28H26Cl4Cu2N8O18+2. The molecule has 6 aromatic rings. The minimum absolute atomic E-state index is 0. The first-order valence-electron chi connectivity index (χ1n) is 13.7. The first kappa shape index (κ1) is 62.9. The van der Waals surface area contributed by atoms with E-state index in [0.717, 1.165) is 45.6 Å². The molecule has 32 heteroatoms. The predicted octanol–water partition coefficient (Wildman–Crippen LogP) is -15.7. The monoisotopic (exact) mass is 1030 g/mol. The maximum atomic E-state index is 8.49. The fraction of sp³-hybridized carbons (Fsp3) is 0. The molecule has 6 rings (SSSR count). The van der Waals surface area contributed by atoms with Crippen LogP contribution in [0.25, 0.3) is 45.6 Å². The van der Waals surface area contributed by atoms with Crippen LogP contribution in [0.5, 0.6) is 0 Å². The molecule has 0 atom stereocenters. The standard InChI is InChI=1S/2C14H10N4.4ClHO4.2Cu.2H2O/c2*1-3-9-15-11(5-1)13-7-8-14(18-17-13)12-6-2-4-10-16-12;4*2-1(3,4)5;;;;/h2*1-10H;4*(H,2,3,4,5);;;2*1H2/q;;;;;;2*+2;;/p-2. The molecule has 26 nitrogen and oxygen atoms in total. The van der Waals surface area contributed by atoms with E-state index in [2.05, 4.69) is 40.3 Å². The Bertz CT molecular complexity index is 1620. The van der Waals surface area contributed by atoms with Crippen molar-refractivity contribution in [2.75, 3.05) is 0 Å². The van der Waals surface area contributed by atoms with Crippen molar-refractivity contribution in [2.24, 2.45) is 0 Å². The van der Waals surface area contributed by atoms with Gasteiger partial charge in [-0.15, -0.1) is 61.4 Å². The van der Waals surface area contributed by atoms with E-state index in [9.17, 15) is 0 Å². The summed E-state index contributed by atoms with van der Waals surface area (Å²) in [5.41, 5.74) is 6.31. The van der Waals surface area contributed by atoms with Gasteiger partial charge in [0.15, 0.2) is 0 Å². The Morgan fingerprint density at radius 1 is 0.250 bits per heavy atom. The van der Waals surface area contributed by atoms with Crippen LogP contribution < -0.4 is 74.5 Å². The number of rotatable bonds is 4. The third-order valence-electron chi connectivity index (χ3n) is 5.04. The molecule has 0 fully saturated rings. The molecule has 6 N–H and O–H groups in total. The van der Waals surface area contributed by atoms with Crippen LogP contribution in [-0.4, -0.2) is 40.3 Å². The Balaban J connectivity index is -0.000000348. The van der Waals surface area contributed by atoms with Crippen molar-refractivity contribution in [3.8, 4) is 45.6 Å². The van der Waals surface area contributed by atoms with Crippen LogP contribution in [0.1, 0.15) is 0 Å². The van der Waals surface area contributed by atoms with Crippen molar-refractivity contribution in [2.45, 2.75) is 0 Å². The van der Waals surface area contributed by atoms with Crippen molar-refractivity contribution in [3.63, 3.8) is 0 Å². The molecular weight excluding hydrogens is 1010 g/mol. The summed E-state index contributed by atoms with van der Waals surface area (Å²) in [7, 11) is -19.8. The van der Waals surface area contributed by atoms with Gasteiger partial charge in [-0.25, -0.2) is 74.5 Å². The van der Waals surface area contributed by atoms with Gasteiger partial charge in [0.05, 0.1) is 22.8 Å². The zero-order valence-corrected chi connectivity index (χ0v) is 33.8. The van der Waals surface area contributed by atoms with Gasteiger partial charge in [-0.1, -0.05) is 24.3 Å². The van der Waals surface area contributed by atoms with Gasteiger partial charge >= 0.3 is 34.1 Å². The largest absolute Gasteiger partial charge is 2.00 e. The van der Waals surface area contributed by atoms with Crippen LogP contribution in [0.2, 0.25) is 0 Å². The number of pyridine rings is 4. The van der Waals surface area contributed by atoms with Gasteiger partial charge in [-0.2, -0.15) is 0 Å². The SMILES string of the molecule is [Cu+2].[Cu+2].[O-][Cl+3]([O-])([O-])[O-].[O-][Cl+3]([O-])([O-])[O-].[O-][Cl+3]([O-])([O-])[O-].[O-][Cl+3]([O-])([O-])[O-].[OH3+].[OH3+].c1ccc(-c2ccc(-c3ccccn3)nn2)nc1.c1ccc(-c2ccc(-c3ccccn3)nn2)nc1. The van der Waals surface area contributed by atoms with Gasteiger partial charge < -0.3 is 11.0 Å². The number of halogens is 4. The fourth-order valence-electron chi connectivity index (χ4n) is 3.27. The van der Waals surface area contributed by atoms with Crippen LogP contribution in [0.4, 0.5) is 0 Å². The van der Waals surface area contributed by atoms with Gasteiger partial charge in [-0.05, 0) is 72.8 Å². The molecule has 0 aromatic carbocycles. The third-order valence-corrected chi connectivity index (χ3v) is 5.04. The van der Waals surface area contributed by atoms with Crippen LogP contribution >= 0.6 is 0 Å². The molecule has 60 heavy (non-hydrogen) atoms. The Morgan fingerprint density at radius 3 is 0.500 bits per heavy atom. The Kier molecular flexibility index (Phi) is 32.6. The first-order chi connectivity index (χ1) is 25.9. The van der Waals surface area contributed by atoms with Crippen LogP contribution in [0.3, 0.4) is 0 Å². The summed E-state index contributed by atoms with van der Waals surface area (Å²) in [4.78, 5) is 16.9. The minimum atomic E-state index is -4.94. The molecule has 334 valence electrons. The van der Waals surface area contributed by atoms with Crippen molar-refractivity contribution >= 4 is 0 Å². The Hall–Kier alpha value is -3.76. The minimum Gasteiger partial charge on any atom is -0.457 e. The average molecular weight is 1030 g/mol. The summed E-state index contributed by atoms with van der Waals surface area (Å²) in [6, 6.07) is 30.4. The molecule has 0 aliphatic rings. The molecule has 0 bridgehead atoms. The average Bonchev–Trinajstić information content (AvgIpc) is 3.11. The number of hydrogen-bond acceptors (Lipinski definition) is 24. The van der Waals surface area contributed by atoms with Gasteiger partial charge in [0.1, 0.15) is 22.8 Å². The first-order valence-corrected chi connectivity index (χ1v) is 18.6. The zero-order valence-electron chi connectivity index (χ0n) is 28.9. The normalized spacial score (nSPS) is 10.1. The quantitative estimate of drug-likeness (QED) is 0.117. The summed E-state index contributed by atoms with van der Waals surface area (Å²) in [5, 5.41) is 16.7. The van der Waals surface area contributed by atoms with Crippen molar-refractivity contribution in [3.05, 3.63) is 122 Å². The van der Waals surface area contributed by atoms with Gasteiger partial charge in [-0.3, -0.25) is 19.9 Å². The van der Waals surface area contributed by atoms with Crippen molar-refractivity contribution in [1.29, 1.82) is 0 Å². The molecule has 0 aliphatic heterocycles. The summed E-state index contributed by atoms with van der Waals surface area (Å²) in [6.07, 6.45) is 6.96. The maximum absolute atomic E-state index is 8.49. The van der Waals surface area contributed by atoms with Crippen LogP contribution in [-0.2, 0) is 45.1 Å². The molecule has 0 saturated heterocycles. The molecule has 0 unspecified atom stereocenters. The molecule has 6 heterocycles. The number of aromatic nitrogens is 8. The van der Waals surface area contributed by atoms with E-state index in [0.29, 0.717) is 0 Å². The molecule has 0 spiro atoms. The summed E-state index contributed by atoms with van der Waals surface area (Å²) >= 11 is 0. The predicted molar refractivity (Wildman–Crippen MR) is 147 cm³/mol. The summed E-state index contributed by atoms with van der Waals surface area (Å²) in [6.45, 7) is 0. The molecule has 0 aliphatic carbocycles. The molecule has 0 saturated carbocycles. The van der Waals surface area contributed by atoms with Crippen LogP contribution in [0.15, 0.2) is 122 Å². The third kappa shape index (κ3) is 37.3. The van der Waals surface area contributed by atoms with E-state index in [4.69, 9.17) is 74.5 Å². The number of nitrogens with zero attached hydrogens (tertiary/aromatic N) is 8. The van der Waals surface area contributed by atoms with Crippen LogP contribution in [0, 0.1) is 41.0 Å². The molecule has 6 aromatic heterocycles. The fourth-order valence-corrected chi connectivity index (χ4v) is 3.27. The topological polar surface area (TPSA) is 538 Å². The van der Waals surface area contributed by atoms with E-state index >= 15 is 0 Å². The second-order valence-corrected chi connectivity index (χ2v) is 12.0. The maximum Gasteiger partial charge on any atom is 2.00 e. The van der Waals surface area contributed by atoms with Crippen molar-refractivity contribution < 1.29 is 161 Å². The van der Waals surface area contributed by atoms with E-state index in [1.54, 1.807) is 24.8 Å². The van der Waals surface area contributed by atoms with E-state index in [1.165, 1.54) is 0 Å². The summed E-state index contributed by atoms with van der Waals surface area (Å²) in [5.74, 6) is 0. The van der Waals surface area contributed by atoms with Gasteiger partial charge in [0.25, 0.3) is 0 Å². The van der Waals surface area contributed by atoms with E-state index < -0.39 is 41.0 Å². The second-order valence-electron chi connectivity index (χ2n) is 8.98. The zero-order chi connectivity index (χ0) is 42.4. The van der Waals surface area contributed by atoms with Gasteiger partial charge in [0.2, 0.25) is 0 Å². The van der Waals surface area contributed by atoms with E-state index in [1.807, 2.05) is 97.1 Å². The summed E-state index contributed by atoms with van der Waals surface area (Å²) < 4.78 is 136. The Morgan fingerprint density at radius 2 is 0.400 bits per heavy atom. The second kappa shape index (κ2) is 31.1.